The van der Waals surface area contributed by atoms with Crippen LogP contribution in [-0.4, -0.2) is 38.7 Å². The first kappa shape index (κ1) is 26.0. The monoisotopic (exact) mass is 490 g/mol. The van der Waals surface area contributed by atoms with Crippen LogP contribution >= 0.6 is 0 Å². The summed E-state index contributed by atoms with van der Waals surface area (Å²) in [6, 6.07) is 16.1. The number of hydrogen-bond donors (Lipinski definition) is 2. The molecule has 36 heavy (non-hydrogen) atoms. The number of nitrogens with zero attached hydrogens (tertiary/aromatic N) is 2. The zero-order chi connectivity index (χ0) is 25.3. The van der Waals surface area contributed by atoms with Gasteiger partial charge >= 0.3 is 5.97 Å². The van der Waals surface area contributed by atoms with Gasteiger partial charge in [-0.15, -0.1) is 0 Å². The van der Waals surface area contributed by atoms with Crippen molar-refractivity contribution >= 4 is 5.97 Å². The maximum Gasteiger partial charge on any atom is 0.338 e. The summed E-state index contributed by atoms with van der Waals surface area (Å²) in [7, 11) is 0. The van der Waals surface area contributed by atoms with Crippen LogP contribution in [0.4, 0.5) is 0 Å². The van der Waals surface area contributed by atoms with Gasteiger partial charge in [-0.05, 0) is 79.8 Å². The molecule has 1 aromatic heterocycles. The van der Waals surface area contributed by atoms with Crippen molar-refractivity contribution in [2.45, 2.75) is 70.8 Å². The van der Waals surface area contributed by atoms with Crippen molar-refractivity contribution in [1.29, 1.82) is 0 Å². The van der Waals surface area contributed by atoms with Gasteiger partial charge in [0.25, 0.3) is 0 Å². The number of hydrogen-bond acceptors (Lipinski definition) is 4. The summed E-state index contributed by atoms with van der Waals surface area (Å²) < 4.78 is 7.86. The molecule has 6 nitrogen and oxygen atoms in total. The molecule has 5 rings (SSSR count). The van der Waals surface area contributed by atoms with E-state index in [1.807, 2.05) is 36.4 Å². The van der Waals surface area contributed by atoms with Crippen LogP contribution in [0.2, 0.25) is 0 Å². The largest absolute Gasteiger partial charge is 0.490 e. The van der Waals surface area contributed by atoms with Crippen LogP contribution in [-0.2, 0) is 0 Å². The number of aromatic carboxylic acids is 1. The number of carboxylic acids is 1. The Morgan fingerprint density at radius 2 is 1.78 bits per heavy atom. The van der Waals surface area contributed by atoms with Gasteiger partial charge in [0.05, 0.1) is 23.6 Å². The Morgan fingerprint density at radius 1 is 1.06 bits per heavy atom. The molecule has 2 aliphatic carbocycles. The molecule has 2 saturated carbocycles. The number of ether oxygens (including phenoxy) is 1. The lowest BCUT2D eigenvalue weighted by Gasteiger charge is -2.28. The molecule has 0 spiro atoms. The lowest BCUT2D eigenvalue weighted by Crippen LogP contribution is -2.25. The standard InChI is InChI=1S/C24H26N2O3.C6H12O/c1-17(18-7-3-2-4-8-18)29-23-12-6-10-20(14-23)19-9-5-11-22(13-19)26-16-21(15-25-26)24(27)28;7-5-1-2-6-3-4-6/h5-6,9-18H,2-4,7-8H2,1H3,(H,27,28);6-7H,1-5H2. The van der Waals surface area contributed by atoms with Crippen molar-refractivity contribution in [3.8, 4) is 22.6 Å². The fourth-order valence-electron chi connectivity index (χ4n) is 4.85. The number of carbonyl (C=O) groups is 1. The summed E-state index contributed by atoms with van der Waals surface area (Å²) in [4.78, 5) is 11.1. The Hall–Kier alpha value is -3.12. The third-order valence-electron chi connectivity index (χ3n) is 7.21. The van der Waals surface area contributed by atoms with Crippen LogP contribution in [0.1, 0.15) is 75.1 Å². The van der Waals surface area contributed by atoms with E-state index in [9.17, 15) is 4.79 Å². The van der Waals surface area contributed by atoms with Gasteiger partial charge in [0.1, 0.15) is 5.75 Å². The van der Waals surface area contributed by atoms with Gasteiger partial charge in [0, 0.05) is 12.8 Å². The zero-order valence-corrected chi connectivity index (χ0v) is 21.2. The third kappa shape index (κ3) is 7.44. The van der Waals surface area contributed by atoms with Gasteiger partial charge in [-0.3, -0.25) is 0 Å². The van der Waals surface area contributed by atoms with Crippen molar-refractivity contribution in [3.63, 3.8) is 0 Å². The first-order valence-electron chi connectivity index (χ1n) is 13.3. The molecule has 0 amide bonds. The number of aromatic nitrogens is 2. The van der Waals surface area contributed by atoms with Gasteiger partial charge in [0.2, 0.25) is 0 Å². The lowest BCUT2D eigenvalue weighted by atomic mass is 9.86. The van der Waals surface area contributed by atoms with E-state index in [0.29, 0.717) is 12.5 Å². The maximum absolute atomic E-state index is 11.1. The Labute approximate surface area is 213 Å². The van der Waals surface area contributed by atoms with Crippen LogP contribution in [0.25, 0.3) is 16.8 Å². The molecule has 2 aromatic carbocycles. The Bertz CT molecular complexity index is 1120. The minimum atomic E-state index is -0.982. The van der Waals surface area contributed by atoms with Gasteiger partial charge in [-0.1, -0.05) is 56.4 Å². The number of aliphatic hydroxyl groups is 1. The molecule has 3 aromatic rings. The first-order chi connectivity index (χ1) is 17.5. The van der Waals surface area contributed by atoms with Crippen molar-refractivity contribution in [3.05, 3.63) is 66.5 Å². The number of benzene rings is 2. The number of rotatable bonds is 9. The van der Waals surface area contributed by atoms with Crippen molar-refractivity contribution in [1.82, 2.24) is 9.78 Å². The van der Waals surface area contributed by atoms with Crippen LogP contribution in [0.3, 0.4) is 0 Å². The molecule has 0 aliphatic heterocycles. The Kier molecular flexibility index (Phi) is 9.17. The molecule has 6 heteroatoms. The third-order valence-corrected chi connectivity index (χ3v) is 7.21. The summed E-state index contributed by atoms with van der Waals surface area (Å²) in [6.45, 7) is 2.57. The van der Waals surface area contributed by atoms with E-state index in [2.05, 4.69) is 24.2 Å². The fraction of sp³-hybridized carbons (Fsp3) is 0.467. The van der Waals surface area contributed by atoms with Crippen LogP contribution in [0, 0.1) is 11.8 Å². The molecular formula is C30H38N2O4. The average Bonchev–Trinajstić information content (AvgIpc) is 3.60. The second kappa shape index (κ2) is 12.7. The normalized spacial score (nSPS) is 16.6. The van der Waals surface area contributed by atoms with Crippen molar-refractivity contribution in [2.75, 3.05) is 6.61 Å². The molecule has 1 heterocycles. The van der Waals surface area contributed by atoms with E-state index in [1.165, 1.54) is 63.8 Å². The fourth-order valence-corrected chi connectivity index (χ4v) is 4.85. The summed E-state index contributed by atoms with van der Waals surface area (Å²) >= 11 is 0. The lowest BCUT2D eigenvalue weighted by molar-refractivity contribution is 0.0697. The summed E-state index contributed by atoms with van der Waals surface area (Å²) in [5.41, 5.74) is 3.08. The van der Waals surface area contributed by atoms with E-state index >= 15 is 0 Å². The molecule has 0 bridgehead atoms. The average molecular weight is 491 g/mol. The molecule has 0 saturated heterocycles. The molecule has 1 atom stereocenters. The summed E-state index contributed by atoms with van der Waals surface area (Å²) in [5, 5.41) is 21.6. The number of aliphatic hydroxyl groups excluding tert-OH is 1. The van der Waals surface area contributed by atoms with Gasteiger partial charge in [0.15, 0.2) is 0 Å². The summed E-state index contributed by atoms with van der Waals surface area (Å²) in [5.74, 6) is 1.54. The molecule has 0 radical (unpaired) electrons. The molecule has 2 aliphatic rings. The maximum atomic E-state index is 11.1. The smallest absolute Gasteiger partial charge is 0.338 e. The first-order valence-corrected chi connectivity index (χ1v) is 13.3. The highest BCUT2D eigenvalue weighted by Crippen LogP contribution is 2.33. The van der Waals surface area contributed by atoms with E-state index in [-0.39, 0.29) is 11.7 Å². The predicted molar refractivity (Wildman–Crippen MR) is 142 cm³/mol. The highest BCUT2D eigenvalue weighted by Gasteiger charge is 2.21. The molecule has 2 fully saturated rings. The Balaban J connectivity index is 0.000000375. The SMILES string of the molecule is CC(Oc1cccc(-c2cccc(-n3cc(C(=O)O)cn3)c2)c1)C1CCCCC1.OCCCC1CC1. The second-order valence-electron chi connectivity index (χ2n) is 10.1. The minimum absolute atomic E-state index is 0.169. The molecule has 192 valence electrons. The van der Waals surface area contributed by atoms with E-state index in [1.54, 1.807) is 4.68 Å². The topological polar surface area (TPSA) is 84.6 Å². The quantitative estimate of drug-likeness (QED) is 0.346. The van der Waals surface area contributed by atoms with E-state index in [4.69, 9.17) is 14.9 Å². The molecule has 1 unspecified atom stereocenters. The number of carboxylic acid groups (broad SMARTS) is 1. The second-order valence-corrected chi connectivity index (χ2v) is 10.1. The van der Waals surface area contributed by atoms with Crippen molar-refractivity contribution < 1.29 is 19.7 Å². The van der Waals surface area contributed by atoms with E-state index < -0.39 is 5.97 Å². The highest BCUT2D eigenvalue weighted by atomic mass is 16.5. The van der Waals surface area contributed by atoms with Crippen LogP contribution in [0.5, 0.6) is 5.75 Å². The van der Waals surface area contributed by atoms with Gasteiger partial charge in [-0.25, -0.2) is 9.48 Å². The van der Waals surface area contributed by atoms with Crippen molar-refractivity contribution in [2.24, 2.45) is 11.8 Å². The van der Waals surface area contributed by atoms with E-state index in [0.717, 1.165) is 34.9 Å². The zero-order valence-electron chi connectivity index (χ0n) is 21.2. The summed E-state index contributed by atoms with van der Waals surface area (Å²) in [6.07, 6.45) is 14.7. The molecular weight excluding hydrogens is 452 g/mol. The predicted octanol–water partition coefficient (Wildman–Crippen LogP) is 6.75. The minimum Gasteiger partial charge on any atom is -0.490 e. The van der Waals surface area contributed by atoms with Gasteiger partial charge in [-0.2, -0.15) is 5.10 Å². The van der Waals surface area contributed by atoms with Crippen LogP contribution < -0.4 is 4.74 Å². The highest BCUT2D eigenvalue weighted by molar-refractivity contribution is 5.87. The Morgan fingerprint density at radius 3 is 2.44 bits per heavy atom. The molecule has 2 N–H and O–H groups in total. The van der Waals surface area contributed by atoms with Crippen LogP contribution in [0.15, 0.2) is 60.9 Å². The van der Waals surface area contributed by atoms with Gasteiger partial charge < -0.3 is 14.9 Å².